The lowest BCUT2D eigenvalue weighted by Gasteiger charge is -2.12. The molecule has 168 valence electrons. The summed E-state index contributed by atoms with van der Waals surface area (Å²) < 4.78 is 35.1. The first-order chi connectivity index (χ1) is 13.5. The maximum absolute atomic E-state index is 10.9. The quantitative estimate of drug-likeness (QED) is 0.118. The maximum Gasteiger partial charge on any atom is 0.397 e. The molecule has 0 aromatic heterocycles. The molecule has 5 heteroatoms. The van der Waals surface area contributed by atoms with Crippen LogP contribution in [0.15, 0.2) is 12.2 Å². The maximum atomic E-state index is 10.9. The Balaban J connectivity index is 3.90. The van der Waals surface area contributed by atoms with Crippen molar-refractivity contribution in [2.45, 2.75) is 123 Å². The fourth-order valence-corrected chi connectivity index (χ4v) is 3.80. The van der Waals surface area contributed by atoms with Crippen LogP contribution in [0, 0.1) is 5.92 Å². The van der Waals surface area contributed by atoms with Crippen molar-refractivity contribution in [1.82, 2.24) is 0 Å². The Hall–Kier alpha value is -0.390. The third-order valence-electron chi connectivity index (χ3n) is 5.24. The van der Waals surface area contributed by atoms with Crippen LogP contribution < -0.4 is 0 Å². The van der Waals surface area contributed by atoms with Crippen LogP contribution >= 0.6 is 0 Å². The topological polar surface area (TPSA) is 63.6 Å². The molecular weight excluding hydrogens is 372 g/mol. The number of allylic oxidation sites excluding steroid dienone is 1. The molecule has 1 atom stereocenters. The molecule has 0 bridgehead atoms. The Labute approximate surface area is 175 Å². The van der Waals surface area contributed by atoms with Crippen LogP contribution in [0.25, 0.3) is 0 Å². The van der Waals surface area contributed by atoms with E-state index >= 15 is 0 Å². The molecule has 0 aliphatic carbocycles. The summed E-state index contributed by atoms with van der Waals surface area (Å²) in [6, 6.07) is 0. The van der Waals surface area contributed by atoms with E-state index in [0.29, 0.717) is 0 Å². The van der Waals surface area contributed by atoms with E-state index in [1.807, 2.05) is 0 Å². The zero-order valence-electron chi connectivity index (χ0n) is 18.5. The smallest absolute Gasteiger partial charge is 0.264 e. The average molecular weight is 419 g/mol. The molecule has 28 heavy (non-hydrogen) atoms. The Morgan fingerprint density at radius 3 is 1.71 bits per heavy atom. The molecular formula is C23H46O4S. The van der Waals surface area contributed by atoms with Crippen molar-refractivity contribution in [2.75, 3.05) is 6.61 Å². The minimum absolute atomic E-state index is 0.0437. The molecule has 0 radical (unpaired) electrons. The Kier molecular flexibility index (Phi) is 19.6. The Bertz CT molecular complexity index is 446. The largest absolute Gasteiger partial charge is 0.397 e. The first-order valence-corrected chi connectivity index (χ1v) is 13.1. The SMILES string of the molecule is CCCCCCCCCCC/C=C/C(CCCCCCCC)COS(=O)(=O)O. The van der Waals surface area contributed by atoms with Crippen LogP contribution in [-0.4, -0.2) is 19.6 Å². The van der Waals surface area contributed by atoms with Gasteiger partial charge in [-0.2, -0.15) is 8.42 Å². The predicted octanol–water partition coefficient (Wildman–Crippen LogP) is 7.65. The molecule has 0 aromatic rings. The summed E-state index contributed by atoms with van der Waals surface area (Å²) in [6.07, 6.45) is 25.4. The van der Waals surface area contributed by atoms with Gasteiger partial charge >= 0.3 is 10.4 Å². The zero-order chi connectivity index (χ0) is 20.9. The molecule has 0 aliphatic rings. The van der Waals surface area contributed by atoms with Crippen LogP contribution in [0.3, 0.4) is 0 Å². The van der Waals surface area contributed by atoms with Gasteiger partial charge in [0, 0.05) is 5.92 Å². The summed E-state index contributed by atoms with van der Waals surface area (Å²) in [7, 11) is -4.35. The van der Waals surface area contributed by atoms with Gasteiger partial charge in [0.2, 0.25) is 0 Å². The lowest BCUT2D eigenvalue weighted by Crippen LogP contribution is -2.12. The van der Waals surface area contributed by atoms with Gasteiger partial charge in [0.1, 0.15) is 0 Å². The molecule has 1 unspecified atom stereocenters. The number of unbranched alkanes of at least 4 members (excludes halogenated alkanes) is 14. The van der Waals surface area contributed by atoms with Gasteiger partial charge in [-0.25, -0.2) is 4.18 Å². The Morgan fingerprint density at radius 1 is 0.750 bits per heavy atom. The van der Waals surface area contributed by atoms with E-state index in [0.717, 1.165) is 19.3 Å². The normalized spacial score (nSPS) is 13.4. The number of hydrogen-bond donors (Lipinski definition) is 1. The van der Waals surface area contributed by atoms with Gasteiger partial charge < -0.3 is 0 Å². The van der Waals surface area contributed by atoms with E-state index in [1.165, 1.54) is 89.9 Å². The highest BCUT2D eigenvalue weighted by Crippen LogP contribution is 2.16. The molecule has 0 rings (SSSR count). The highest BCUT2D eigenvalue weighted by molar-refractivity contribution is 7.80. The lowest BCUT2D eigenvalue weighted by atomic mass is 9.99. The van der Waals surface area contributed by atoms with Crippen molar-refractivity contribution in [3.8, 4) is 0 Å². The van der Waals surface area contributed by atoms with Crippen molar-refractivity contribution in [3.63, 3.8) is 0 Å². The second kappa shape index (κ2) is 19.9. The van der Waals surface area contributed by atoms with Crippen molar-refractivity contribution in [2.24, 2.45) is 5.92 Å². The molecule has 0 aromatic carbocycles. The minimum Gasteiger partial charge on any atom is -0.264 e. The van der Waals surface area contributed by atoms with Crippen LogP contribution in [0.4, 0.5) is 0 Å². The number of hydrogen-bond acceptors (Lipinski definition) is 3. The van der Waals surface area contributed by atoms with Crippen LogP contribution in [0.5, 0.6) is 0 Å². The molecule has 4 nitrogen and oxygen atoms in total. The van der Waals surface area contributed by atoms with Crippen molar-refractivity contribution >= 4 is 10.4 Å². The van der Waals surface area contributed by atoms with Gasteiger partial charge in [0.05, 0.1) is 6.61 Å². The minimum atomic E-state index is -4.35. The third kappa shape index (κ3) is 21.9. The molecule has 0 saturated heterocycles. The standard InChI is InChI=1S/C23H46O4S/c1-3-5-7-9-11-12-13-14-15-17-19-21-23(22-27-28(24,25)26)20-18-16-10-8-6-4-2/h19,21,23H,3-18,20,22H2,1-2H3,(H,24,25,26)/b21-19+. The highest BCUT2D eigenvalue weighted by atomic mass is 32.3. The van der Waals surface area contributed by atoms with E-state index in [-0.39, 0.29) is 12.5 Å². The van der Waals surface area contributed by atoms with Crippen molar-refractivity contribution in [1.29, 1.82) is 0 Å². The molecule has 0 amide bonds. The summed E-state index contributed by atoms with van der Waals surface area (Å²) >= 11 is 0. The third-order valence-corrected chi connectivity index (χ3v) is 5.68. The highest BCUT2D eigenvalue weighted by Gasteiger charge is 2.11. The summed E-state index contributed by atoms with van der Waals surface area (Å²) in [6.45, 7) is 4.50. The predicted molar refractivity (Wildman–Crippen MR) is 120 cm³/mol. The van der Waals surface area contributed by atoms with E-state index in [4.69, 9.17) is 4.55 Å². The van der Waals surface area contributed by atoms with Gasteiger partial charge in [-0.15, -0.1) is 0 Å². The lowest BCUT2D eigenvalue weighted by molar-refractivity contribution is 0.234. The fraction of sp³-hybridized carbons (Fsp3) is 0.913. The number of rotatable bonds is 21. The van der Waals surface area contributed by atoms with Gasteiger partial charge in [-0.3, -0.25) is 4.55 Å². The van der Waals surface area contributed by atoms with Gasteiger partial charge in [0.15, 0.2) is 0 Å². The summed E-state index contributed by atoms with van der Waals surface area (Å²) in [5.74, 6) is 0.0617. The second-order valence-electron chi connectivity index (χ2n) is 8.07. The van der Waals surface area contributed by atoms with Crippen LogP contribution in [-0.2, 0) is 14.6 Å². The summed E-state index contributed by atoms with van der Waals surface area (Å²) in [5.41, 5.74) is 0. The molecule has 0 spiro atoms. The van der Waals surface area contributed by atoms with E-state index in [2.05, 4.69) is 30.2 Å². The molecule has 0 fully saturated rings. The molecule has 0 heterocycles. The second-order valence-corrected chi connectivity index (χ2v) is 9.17. The monoisotopic (exact) mass is 418 g/mol. The van der Waals surface area contributed by atoms with E-state index < -0.39 is 10.4 Å². The molecule has 1 N–H and O–H groups in total. The van der Waals surface area contributed by atoms with Gasteiger partial charge in [-0.1, -0.05) is 116 Å². The fourth-order valence-electron chi connectivity index (χ4n) is 3.46. The van der Waals surface area contributed by atoms with E-state index in [1.54, 1.807) is 0 Å². The first-order valence-electron chi connectivity index (χ1n) is 11.8. The van der Waals surface area contributed by atoms with Gasteiger partial charge in [-0.05, 0) is 19.3 Å². The van der Waals surface area contributed by atoms with Gasteiger partial charge in [0.25, 0.3) is 0 Å². The summed E-state index contributed by atoms with van der Waals surface area (Å²) in [5, 5.41) is 0. The Morgan fingerprint density at radius 2 is 1.21 bits per heavy atom. The van der Waals surface area contributed by atoms with Crippen molar-refractivity contribution < 1.29 is 17.2 Å². The van der Waals surface area contributed by atoms with E-state index in [9.17, 15) is 8.42 Å². The van der Waals surface area contributed by atoms with Crippen molar-refractivity contribution in [3.05, 3.63) is 12.2 Å². The zero-order valence-corrected chi connectivity index (χ0v) is 19.4. The molecule has 0 saturated carbocycles. The molecule has 0 aliphatic heterocycles. The van der Waals surface area contributed by atoms with Crippen LogP contribution in [0.2, 0.25) is 0 Å². The summed E-state index contributed by atoms with van der Waals surface area (Å²) in [4.78, 5) is 0. The average Bonchev–Trinajstić information content (AvgIpc) is 2.65. The first kappa shape index (κ1) is 27.6. The van der Waals surface area contributed by atoms with Crippen LogP contribution in [0.1, 0.15) is 123 Å².